The van der Waals surface area contributed by atoms with E-state index in [-0.39, 0.29) is 5.15 Å². The summed E-state index contributed by atoms with van der Waals surface area (Å²) in [5.41, 5.74) is -0.00565. The highest BCUT2D eigenvalue weighted by Gasteiger charge is 2.05. The van der Waals surface area contributed by atoms with E-state index in [1.165, 1.54) is 6.07 Å². The van der Waals surface area contributed by atoms with Gasteiger partial charge in [0.2, 0.25) is 0 Å². The van der Waals surface area contributed by atoms with Gasteiger partial charge in [0.15, 0.2) is 0 Å². The maximum atomic E-state index is 11.5. The molecule has 0 amide bonds. The number of thiazole rings is 1. The van der Waals surface area contributed by atoms with Crippen LogP contribution in [0.3, 0.4) is 0 Å². The third-order valence-corrected chi connectivity index (χ3v) is 3.27. The van der Waals surface area contributed by atoms with E-state index in [0.29, 0.717) is 13.0 Å². The molecule has 0 bridgehead atoms. The summed E-state index contributed by atoms with van der Waals surface area (Å²) >= 11 is 7.11. The highest BCUT2D eigenvalue weighted by atomic mass is 35.5. The second kappa shape index (κ2) is 4.85. The Hall–Kier alpha value is -1.40. The van der Waals surface area contributed by atoms with E-state index in [4.69, 9.17) is 11.6 Å². The molecule has 2 heterocycles. The molecule has 0 aliphatic heterocycles. The smallest absolute Gasteiger partial charge is 0.298 e. The molecular weight excluding hydrogens is 262 g/mol. The molecule has 5 nitrogen and oxygen atoms in total. The molecule has 0 saturated heterocycles. The topological polar surface area (TPSA) is 67.8 Å². The Kier molecular flexibility index (Phi) is 3.44. The van der Waals surface area contributed by atoms with Crippen LogP contribution in [0.25, 0.3) is 0 Å². The lowest BCUT2D eigenvalue weighted by molar-refractivity contribution is 0.622. The number of hydrogen-bond acceptors (Lipinski definition) is 4. The van der Waals surface area contributed by atoms with Crippen LogP contribution in [-0.4, -0.2) is 14.5 Å². The van der Waals surface area contributed by atoms with Crippen molar-refractivity contribution < 1.29 is 0 Å². The summed E-state index contributed by atoms with van der Waals surface area (Å²) in [4.78, 5) is 29.7. The van der Waals surface area contributed by atoms with Gasteiger partial charge >= 0.3 is 5.69 Å². The van der Waals surface area contributed by atoms with Gasteiger partial charge in [-0.2, -0.15) is 0 Å². The van der Waals surface area contributed by atoms with E-state index in [2.05, 4.69) is 9.97 Å². The van der Waals surface area contributed by atoms with Crippen molar-refractivity contribution in [3.8, 4) is 0 Å². The van der Waals surface area contributed by atoms with Gasteiger partial charge in [-0.25, -0.2) is 9.78 Å². The van der Waals surface area contributed by atoms with Gasteiger partial charge in [0, 0.05) is 24.4 Å². The number of aryl methyl sites for hydroxylation is 2. The van der Waals surface area contributed by atoms with Crippen molar-refractivity contribution in [3.05, 3.63) is 48.1 Å². The standard InChI is InChI=1S/C10H10ClN3O2S/c1-6-12-7(5-17-6)2-3-14-9(15)4-8(11)13-10(14)16/h4-5H,2-3H2,1H3,(H,13,16). The van der Waals surface area contributed by atoms with Crippen molar-refractivity contribution in [1.82, 2.24) is 14.5 Å². The number of nitrogens with zero attached hydrogens (tertiary/aromatic N) is 2. The number of halogens is 1. The molecule has 17 heavy (non-hydrogen) atoms. The van der Waals surface area contributed by atoms with Gasteiger partial charge in [-0.05, 0) is 6.92 Å². The highest BCUT2D eigenvalue weighted by molar-refractivity contribution is 7.09. The Labute approximate surface area is 106 Å². The molecule has 0 aliphatic carbocycles. The largest absolute Gasteiger partial charge is 0.329 e. The fraction of sp³-hybridized carbons (Fsp3) is 0.300. The molecule has 0 aromatic carbocycles. The Balaban J connectivity index is 2.20. The van der Waals surface area contributed by atoms with Crippen molar-refractivity contribution in [3.63, 3.8) is 0 Å². The first kappa shape index (κ1) is 12.1. The minimum absolute atomic E-state index is 0.0563. The molecule has 2 aromatic heterocycles. The van der Waals surface area contributed by atoms with Crippen LogP contribution in [0.5, 0.6) is 0 Å². The first-order chi connectivity index (χ1) is 8.06. The third-order valence-electron chi connectivity index (χ3n) is 2.25. The second-order valence-electron chi connectivity index (χ2n) is 3.52. The first-order valence-electron chi connectivity index (χ1n) is 4.97. The summed E-state index contributed by atoms with van der Waals surface area (Å²) in [6.07, 6.45) is 0.551. The number of aromatic amines is 1. The molecular formula is C10H10ClN3O2S. The van der Waals surface area contributed by atoms with Crippen LogP contribution < -0.4 is 11.2 Å². The molecule has 0 radical (unpaired) electrons. The summed E-state index contributed by atoms with van der Waals surface area (Å²) in [6.45, 7) is 2.21. The zero-order valence-corrected chi connectivity index (χ0v) is 10.6. The van der Waals surface area contributed by atoms with Gasteiger partial charge in [0.25, 0.3) is 5.56 Å². The SMILES string of the molecule is Cc1nc(CCn2c(=O)cc(Cl)[nH]c2=O)cs1. The Bertz CT molecular complexity index is 612. The molecule has 0 unspecified atom stereocenters. The summed E-state index contributed by atoms with van der Waals surface area (Å²) in [5.74, 6) is 0. The van der Waals surface area contributed by atoms with E-state index < -0.39 is 11.2 Å². The zero-order chi connectivity index (χ0) is 12.4. The van der Waals surface area contributed by atoms with Crippen molar-refractivity contribution >= 4 is 22.9 Å². The molecule has 0 aliphatic rings. The normalized spacial score (nSPS) is 10.7. The third kappa shape index (κ3) is 2.83. The van der Waals surface area contributed by atoms with E-state index in [1.807, 2.05) is 12.3 Å². The van der Waals surface area contributed by atoms with Crippen LogP contribution in [0.4, 0.5) is 0 Å². The van der Waals surface area contributed by atoms with Crippen molar-refractivity contribution in [1.29, 1.82) is 0 Å². The van der Waals surface area contributed by atoms with E-state index in [1.54, 1.807) is 11.3 Å². The van der Waals surface area contributed by atoms with Crippen LogP contribution in [-0.2, 0) is 13.0 Å². The molecule has 90 valence electrons. The number of nitrogens with one attached hydrogen (secondary N) is 1. The maximum absolute atomic E-state index is 11.5. The summed E-state index contributed by atoms with van der Waals surface area (Å²) in [6, 6.07) is 1.19. The molecule has 2 aromatic rings. The molecule has 1 N–H and O–H groups in total. The van der Waals surface area contributed by atoms with E-state index in [0.717, 1.165) is 15.3 Å². The van der Waals surface area contributed by atoms with Crippen LogP contribution in [0.1, 0.15) is 10.7 Å². The van der Waals surface area contributed by atoms with Crippen LogP contribution >= 0.6 is 22.9 Å². The van der Waals surface area contributed by atoms with Gasteiger partial charge in [0.05, 0.1) is 10.7 Å². The summed E-state index contributed by atoms with van der Waals surface area (Å²) in [5, 5.41) is 2.95. The van der Waals surface area contributed by atoms with E-state index in [9.17, 15) is 9.59 Å². The second-order valence-corrected chi connectivity index (χ2v) is 4.99. The number of hydrogen-bond donors (Lipinski definition) is 1. The van der Waals surface area contributed by atoms with Gasteiger partial charge in [-0.3, -0.25) is 14.3 Å². The Morgan fingerprint density at radius 3 is 2.88 bits per heavy atom. The minimum atomic E-state index is -0.491. The predicted molar refractivity (Wildman–Crippen MR) is 66.9 cm³/mol. The van der Waals surface area contributed by atoms with E-state index >= 15 is 0 Å². The molecule has 0 spiro atoms. The lowest BCUT2D eigenvalue weighted by atomic mass is 10.3. The number of rotatable bonds is 3. The average molecular weight is 272 g/mol. The summed E-state index contributed by atoms with van der Waals surface area (Å²) < 4.78 is 1.11. The van der Waals surface area contributed by atoms with Gasteiger partial charge in [-0.1, -0.05) is 11.6 Å². The monoisotopic (exact) mass is 271 g/mol. The maximum Gasteiger partial charge on any atom is 0.329 e. The first-order valence-corrected chi connectivity index (χ1v) is 6.22. The van der Waals surface area contributed by atoms with Crippen molar-refractivity contribution in [2.24, 2.45) is 0 Å². The molecule has 2 rings (SSSR count). The van der Waals surface area contributed by atoms with Crippen molar-refractivity contribution in [2.45, 2.75) is 19.9 Å². The lowest BCUT2D eigenvalue weighted by Gasteiger charge is -2.02. The van der Waals surface area contributed by atoms with Crippen LogP contribution in [0.15, 0.2) is 21.0 Å². The fourth-order valence-electron chi connectivity index (χ4n) is 1.45. The Morgan fingerprint density at radius 1 is 1.53 bits per heavy atom. The molecule has 0 saturated carbocycles. The van der Waals surface area contributed by atoms with Crippen LogP contribution in [0.2, 0.25) is 5.15 Å². The fourth-order valence-corrected chi connectivity index (χ4v) is 2.27. The molecule has 7 heteroatoms. The van der Waals surface area contributed by atoms with Gasteiger partial charge in [-0.15, -0.1) is 11.3 Å². The zero-order valence-electron chi connectivity index (χ0n) is 9.07. The molecule has 0 fully saturated rings. The van der Waals surface area contributed by atoms with Gasteiger partial charge < -0.3 is 0 Å². The van der Waals surface area contributed by atoms with Crippen molar-refractivity contribution in [2.75, 3.05) is 0 Å². The lowest BCUT2D eigenvalue weighted by Crippen LogP contribution is -2.35. The minimum Gasteiger partial charge on any atom is -0.298 e. The quantitative estimate of drug-likeness (QED) is 0.853. The average Bonchev–Trinajstić information content (AvgIpc) is 2.62. The number of H-pyrrole nitrogens is 1. The Morgan fingerprint density at radius 2 is 2.29 bits per heavy atom. The summed E-state index contributed by atoms with van der Waals surface area (Å²) in [7, 11) is 0. The number of aromatic nitrogens is 3. The van der Waals surface area contributed by atoms with Gasteiger partial charge in [0.1, 0.15) is 5.15 Å². The predicted octanol–water partition coefficient (Wildman–Crippen LogP) is 1.20. The van der Waals surface area contributed by atoms with Crippen LogP contribution in [0, 0.1) is 6.92 Å². The molecule has 0 atom stereocenters. The highest BCUT2D eigenvalue weighted by Crippen LogP contribution is 2.08.